The van der Waals surface area contributed by atoms with Gasteiger partial charge in [-0.15, -0.1) is 0 Å². The number of nitrogens with one attached hydrogen (secondary N) is 1. The predicted molar refractivity (Wildman–Crippen MR) is 157 cm³/mol. The predicted octanol–water partition coefficient (Wildman–Crippen LogP) is 3.55. The molecule has 0 aliphatic heterocycles. The van der Waals surface area contributed by atoms with Gasteiger partial charge in [0.1, 0.15) is 17.7 Å². The second-order valence-electron chi connectivity index (χ2n) is 9.69. The topological polar surface area (TPSA) is 125 Å². The number of para-hydroxylation sites is 1. The van der Waals surface area contributed by atoms with Crippen LogP contribution < -0.4 is 16.6 Å². The number of pyridine rings is 1. The number of anilines is 1. The number of fused-ring (bicyclic) bond motifs is 2. The zero-order valence-corrected chi connectivity index (χ0v) is 22.7. The third kappa shape index (κ3) is 4.49. The summed E-state index contributed by atoms with van der Waals surface area (Å²) in [5.41, 5.74) is 10.00. The fourth-order valence-corrected chi connectivity index (χ4v) is 4.87. The summed E-state index contributed by atoms with van der Waals surface area (Å²) in [7, 11) is 1.86. The number of rotatable bonds is 4. The smallest absolute Gasteiger partial charge is 0.264 e. The number of aromatic nitrogens is 6. The number of hydrogen-bond acceptors (Lipinski definition) is 6. The first-order chi connectivity index (χ1) is 19.8. The summed E-state index contributed by atoms with van der Waals surface area (Å²) in [6, 6.07) is 16.2. The first-order valence-electron chi connectivity index (χ1n) is 13.0. The van der Waals surface area contributed by atoms with Crippen LogP contribution in [0, 0.1) is 18.8 Å². The third-order valence-corrected chi connectivity index (χ3v) is 7.14. The Bertz CT molecular complexity index is 2080. The van der Waals surface area contributed by atoms with Crippen LogP contribution in [0.5, 0.6) is 0 Å². The maximum atomic E-state index is 14.2. The average molecular weight is 543 g/mol. The molecule has 0 aliphatic rings. The second kappa shape index (κ2) is 10.1. The van der Waals surface area contributed by atoms with E-state index >= 15 is 0 Å². The van der Waals surface area contributed by atoms with E-state index in [-0.39, 0.29) is 16.9 Å². The van der Waals surface area contributed by atoms with Gasteiger partial charge in [-0.05, 0) is 43.5 Å². The van der Waals surface area contributed by atoms with E-state index in [1.165, 1.54) is 6.33 Å². The molecule has 1 atom stereocenters. The van der Waals surface area contributed by atoms with E-state index in [2.05, 4.69) is 32.2 Å². The molecule has 0 bridgehead atoms. The van der Waals surface area contributed by atoms with Crippen molar-refractivity contribution >= 4 is 28.1 Å². The van der Waals surface area contributed by atoms with Crippen LogP contribution in [0.3, 0.4) is 0 Å². The largest absolute Gasteiger partial charge is 0.383 e. The lowest BCUT2D eigenvalue weighted by Crippen LogP contribution is -2.33. The van der Waals surface area contributed by atoms with Crippen LogP contribution in [0.1, 0.15) is 45.8 Å². The van der Waals surface area contributed by atoms with Crippen molar-refractivity contribution in [2.45, 2.75) is 19.9 Å². The highest BCUT2D eigenvalue weighted by molar-refractivity contribution is 6.04. The zero-order valence-electron chi connectivity index (χ0n) is 22.7. The van der Waals surface area contributed by atoms with Gasteiger partial charge in [-0.3, -0.25) is 23.2 Å². The van der Waals surface area contributed by atoms with Gasteiger partial charge in [0, 0.05) is 36.4 Å². The highest BCUT2D eigenvalue weighted by atomic mass is 16.2. The molecule has 0 radical (unpaired) electrons. The van der Waals surface area contributed by atoms with E-state index in [1.807, 2.05) is 75.5 Å². The number of benzene rings is 2. The highest BCUT2D eigenvalue weighted by Gasteiger charge is 2.23. The molecule has 3 N–H and O–H groups in total. The van der Waals surface area contributed by atoms with Crippen LogP contribution in [0.25, 0.3) is 22.1 Å². The van der Waals surface area contributed by atoms with Crippen LogP contribution in [-0.4, -0.2) is 34.6 Å². The number of nitrogens with two attached hydrogens (primary N) is 1. The molecule has 2 aromatic carbocycles. The maximum absolute atomic E-state index is 14.2. The summed E-state index contributed by atoms with van der Waals surface area (Å²) in [6.07, 6.45) is 6.48. The Hall–Kier alpha value is -5.69. The summed E-state index contributed by atoms with van der Waals surface area (Å²) in [5, 5.41) is 8.45. The molecule has 6 rings (SSSR count). The molecular weight excluding hydrogens is 516 g/mol. The molecule has 4 aromatic heterocycles. The normalized spacial score (nSPS) is 11.8. The van der Waals surface area contributed by atoms with Crippen molar-refractivity contribution in [3.8, 4) is 17.5 Å². The minimum absolute atomic E-state index is 0.0689. The minimum Gasteiger partial charge on any atom is -0.383 e. The summed E-state index contributed by atoms with van der Waals surface area (Å²) in [6.45, 7) is 3.77. The van der Waals surface area contributed by atoms with Crippen LogP contribution in [0.15, 0.2) is 84.3 Å². The molecule has 1 amide bonds. The number of nitrogen functional groups attached to an aromatic ring is 1. The molecule has 1 unspecified atom stereocenters. The van der Waals surface area contributed by atoms with Crippen LogP contribution in [0.2, 0.25) is 0 Å². The van der Waals surface area contributed by atoms with E-state index in [9.17, 15) is 9.59 Å². The molecule has 10 nitrogen and oxygen atoms in total. The van der Waals surface area contributed by atoms with Crippen molar-refractivity contribution in [3.05, 3.63) is 118 Å². The van der Waals surface area contributed by atoms with Gasteiger partial charge >= 0.3 is 0 Å². The summed E-state index contributed by atoms with van der Waals surface area (Å²) in [5.74, 6) is 5.97. The number of carbonyl (C=O) groups is 1. The van der Waals surface area contributed by atoms with Crippen LogP contribution in [-0.2, 0) is 7.05 Å². The monoisotopic (exact) mass is 542 g/mol. The lowest BCUT2D eigenvalue weighted by Gasteiger charge is -2.21. The van der Waals surface area contributed by atoms with Crippen molar-refractivity contribution < 1.29 is 4.79 Å². The molecule has 0 aliphatic carbocycles. The summed E-state index contributed by atoms with van der Waals surface area (Å²) in [4.78, 5) is 36.1. The van der Waals surface area contributed by atoms with Gasteiger partial charge in [-0.2, -0.15) is 5.10 Å². The van der Waals surface area contributed by atoms with Crippen molar-refractivity contribution in [1.82, 2.24) is 34.0 Å². The Morgan fingerprint density at radius 3 is 2.59 bits per heavy atom. The van der Waals surface area contributed by atoms with E-state index in [4.69, 9.17) is 5.73 Å². The van der Waals surface area contributed by atoms with Crippen LogP contribution >= 0.6 is 0 Å². The first-order valence-corrected chi connectivity index (χ1v) is 13.0. The molecular formula is C31H26N8O2. The lowest BCUT2D eigenvalue weighted by atomic mass is 10.0. The van der Waals surface area contributed by atoms with E-state index < -0.39 is 11.9 Å². The van der Waals surface area contributed by atoms with E-state index in [0.717, 1.165) is 11.3 Å². The van der Waals surface area contributed by atoms with Gasteiger partial charge in [0.25, 0.3) is 11.5 Å². The lowest BCUT2D eigenvalue weighted by molar-refractivity contribution is 0.0940. The number of nitrogens with zero attached hydrogens (tertiary/aromatic N) is 6. The minimum atomic E-state index is -0.581. The molecule has 4 heterocycles. The van der Waals surface area contributed by atoms with Gasteiger partial charge in [0.15, 0.2) is 5.65 Å². The van der Waals surface area contributed by atoms with E-state index in [0.29, 0.717) is 33.4 Å². The number of amides is 1. The molecule has 0 saturated carbocycles. The van der Waals surface area contributed by atoms with Gasteiger partial charge < -0.3 is 11.1 Å². The Kier molecular flexibility index (Phi) is 6.32. The maximum Gasteiger partial charge on any atom is 0.264 e. The Morgan fingerprint density at radius 2 is 1.83 bits per heavy atom. The Balaban J connectivity index is 1.49. The molecule has 0 fully saturated rings. The number of imidazole rings is 1. The average Bonchev–Trinajstić information content (AvgIpc) is 3.57. The number of aryl methyl sites for hydroxylation is 1. The third-order valence-electron chi connectivity index (χ3n) is 7.14. The van der Waals surface area contributed by atoms with Gasteiger partial charge in [0.2, 0.25) is 0 Å². The highest BCUT2D eigenvalue weighted by Crippen LogP contribution is 2.24. The van der Waals surface area contributed by atoms with Gasteiger partial charge in [-0.1, -0.05) is 42.2 Å². The van der Waals surface area contributed by atoms with Crippen molar-refractivity contribution in [2.75, 3.05) is 5.73 Å². The Labute approximate surface area is 235 Å². The van der Waals surface area contributed by atoms with Crippen molar-refractivity contribution in [1.29, 1.82) is 0 Å². The zero-order chi connectivity index (χ0) is 28.7. The SMILES string of the molecule is Cc1c(C#Cc2cccc3cc(C(C)NC(=O)c4c(N)ncn5ccnc45)n(-c4ccccc4)c(=O)c23)cnn1C. The fraction of sp³-hybridized carbons (Fsp3) is 0.129. The van der Waals surface area contributed by atoms with Gasteiger partial charge in [-0.25, -0.2) is 9.97 Å². The molecule has 202 valence electrons. The quantitative estimate of drug-likeness (QED) is 0.328. The molecule has 6 aromatic rings. The summed E-state index contributed by atoms with van der Waals surface area (Å²) >= 11 is 0. The first kappa shape index (κ1) is 25.6. The summed E-state index contributed by atoms with van der Waals surface area (Å²) < 4.78 is 5.00. The van der Waals surface area contributed by atoms with Crippen LogP contribution in [0.4, 0.5) is 5.82 Å². The number of hydrogen-bond donors (Lipinski definition) is 2. The second-order valence-corrected chi connectivity index (χ2v) is 9.69. The Morgan fingerprint density at radius 1 is 1.05 bits per heavy atom. The standard InChI is InChI=1S/C31H26N8O2/c1-19(36-30(40)27-28(32)34-18-38-15-14-33-29(27)38)25-16-22-9-7-8-21(12-13-23-17-35-37(3)20(23)2)26(22)31(41)39(25)24-10-5-4-6-11-24/h4-11,14-19H,32H2,1-3H3,(H,36,40). The molecule has 10 heteroatoms. The van der Waals surface area contributed by atoms with Crippen molar-refractivity contribution in [3.63, 3.8) is 0 Å². The molecule has 0 saturated heterocycles. The van der Waals surface area contributed by atoms with E-state index in [1.54, 1.807) is 32.2 Å². The number of carbonyl (C=O) groups excluding carboxylic acids is 1. The van der Waals surface area contributed by atoms with Gasteiger partial charge in [0.05, 0.1) is 28.9 Å². The molecule has 41 heavy (non-hydrogen) atoms. The van der Waals surface area contributed by atoms with Crippen molar-refractivity contribution in [2.24, 2.45) is 7.05 Å². The molecule has 0 spiro atoms. The fourth-order valence-electron chi connectivity index (χ4n) is 4.87.